The first-order chi connectivity index (χ1) is 8.08. The summed E-state index contributed by atoms with van der Waals surface area (Å²) in [6.45, 7) is 0. The fourth-order valence-corrected chi connectivity index (χ4v) is 2.20. The highest BCUT2D eigenvalue weighted by atomic mass is 79.9. The van der Waals surface area contributed by atoms with Crippen molar-refractivity contribution in [1.82, 2.24) is 0 Å². The number of rotatable bonds is 2. The number of halogens is 2. The van der Waals surface area contributed by atoms with E-state index in [0.717, 1.165) is 15.8 Å². The summed E-state index contributed by atoms with van der Waals surface area (Å²) in [6.07, 6.45) is 0. The van der Waals surface area contributed by atoms with Gasteiger partial charge in [-0.3, -0.25) is 0 Å². The molecule has 0 fully saturated rings. The maximum atomic E-state index is 12.8. The van der Waals surface area contributed by atoms with E-state index in [1.54, 1.807) is 30.3 Å². The van der Waals surface area contributed by atoms with Crippen molar-refractivity contribution < 1.29 is 9.50 Å². The highest BCUT2D eigenvalue weighted by Gasteiger charge is 2.08. The zero-order chi connectivity index (χ0) is 12.4. The Morgan fingerprint density at radius 2 is 1.76 bits per heavy atom. The van der Waals surface area contributed by atoms with Crippen LogP contribution in [0, 0.1) is 5.82 Å². The lowest BCUT2D eigenvalue weighted by atomic mass is 10.2. The van der Waals surface area contributed by atoms with Crippen molar-refractivity contribution in [1.29, 1.82) is 0 Å². The molecule has 2 aromatic rings. The molecule has 0 radical (unpaired) electrons. The van der Waals surface area contributed by atoms with Crippen LogP contribution in [-0.4, -0.2) is 12.2 Å². The van der Waals surface area contributed by atoms with Crippen LogP contribution in [0.15, 0.2) is 46.9 Å². The van der Waals surface area contributed by atoms with E-state index in [1.165, 1.54) is 12.1 Å². The molecule has 0 aliphatic rings. The van der Waals surface area contributed by atoms with E-state index in [-0.39, 0.29) is 11.6 Å². The predicted octanol–water partition coefficient (Wildman–Crippen LogP) is 4.06. The third-order valence-corrected chi connectivity index (χ3v) is 3.14. The van der Waals surface area contributed by atoms with E-state index in [2.05, 4.69) is 15.9 Å². The summed E-state index contributed by atoms with van der Waals surface area (Å²) in [5.74, 6) is -0.0555. The molecule has 2 nitrogen and oxygen atoms in total. The van der Waals surface area contributed by atoms with Crippen LogP contribution in [0.5, 0.6) is 5.75 Å². The second-order valence-electron chi connectivity index (χ2n) is 3.67. The van der Waals surface area contributed by atoms with Gasteiger partial charge in [-0.1, -0.05) is 0 Å². The number of nitrogens with zero attached hydrogens (tertiary/aromatic N) is 1. The van der Waals surface area contributed by atoms with Gasteiger partial charge in [0.05, 0.1) is 5.69 Å². The average molecular weight is 296 g/mol. The SMILES string of the molecule is CN(c1ccc(F)cc1)c1ccc(O)cc1Br. The first-order valence-electron chi connectivity index (χ1n) is 5.06. The summed E-state index contributed by atoms with van der Waals surface area (Å²) in [4.78, 5) is 1.91. The number of phenols is 1. The Morgan fingerprint density at radius 1 is 1.12 bits per heavy atom. The lowest BCUT2D eigenvalue weighted by Crippen LogP contribution is -2.09. The molecule has 0 spiro atoms. The predicted molar refractivity (Wildman–Crippen MR) is 70.3 cm³/mol. The minimum absolute atomic E-state index is 0.202. The van der Waals surface area contributed by atoms with E-state index in [9.17, 15) is 9.50 Å². The van der Waals surface area contributed by atoms with Gasteiger partial charge in [0.1, 0.15) is 11.6 Å². The molecule has 0 atom stereocenters. The van der Waals surface area contributed by atoms with Crippen LogP contribution >= 0.6 is 15.9 Å². The lowest BCUT2D eigenvalue weighted by Gasteiger charge is -2.21. The highest BCUT2D eigenvalue weighted by Crippen LogP contribution is 2.33. The van der Waals surface area contributed by atoms with E-state index in [1.807, 2.05) is 11.9 Å². The number of hydrogen-bond acceptors (Lipinski definition) is 2. The molecule has 0 aliphatic carbocycles. The molecule has 1 N–H and O–H groups in total. The Morgan fingerprint density at radius 3 is 2.35 bits per heavy atom. The fraction of sp³-hybridized carbons (Fsp3) is 0.0769. The number of hydrogen-bond donors (Lipinski definition) is 1. The number of aromatic hydroxyl groups is 1. The standard InChI is InChI=1S/C13H11BrFNO/c1-16(10-4-2-9(15)3-5-10)13-7-6-11(17)8-12(13)14/h2-8,17H,1H3. The fourth-order valence-electron chi connectivity index (χ4n) is 1.57. The maximum absolute atomic E-state index is 12.8. The number of benzene rings is 2. The molecule has 0 heterocycles. The molecule has 0 saturated heterocycles. The van der Waals surface area contributed by atoms with Crippen molar-refractivity contribution in [2.24, 2.45) is 0 Å². The number of phenolic OH excluding ortho intramolecular Hbond substituents is 1. The minimum Gasteiger partial charge on any atom is -0.508 e. The Bertz CT molecular complexity index is 527. The highest BCUT2D eigenvalue weighted by molar-refractivity contribution is 9.10. The molecular weight excluding hydrogens is 285 g/mol. The molecule has 17 heavy (non-hydrogen) atoms. The van der Waals surface area contributed by atoms with E-state index >= 15 is 0 Å². The molecule has 4 heteroatoms. The first-order valence-corrected chi connectivity index (χ1v) is 5.85. The van der Waals surface area contributed by atoms with E-state index < -0.39 is 0 Å². The topological polar surface area (TPSA) is 23.5 Å². The summed E-state index contributed by atoms with van der Waals surface area (Å²) in [5, 5.41) is 9.33. The molecule has 0 amide bonds. The summed E-state index contributed by atoms with van der Waals surface area (Å²) in [7, 11) is 1.88. The first kappa shape index (κ1) is 11.9. The maximum Gasteiger partial charge on any atom is 0.123 e. The molecule has 0 aromatic heterocycles. The average Bonchev–Trinajstić information content (AvgIpc) is 2.29. The van der Waals surface area contributed by atoms with Crippen LogP contribution in [-0.2, 0) is 0 Å². The van der Waals surface area contributed by atoms with Crippen LogP contribution in [0.2, 0.25) is 0 Å². The zero-order valence-corrected chi connectivity index (χ0v) is 10.8. The van der Waals surface area contributed by atoms with E-state index in [4.69, 9.17) is 0 Å². The Kier molecular flexibility index (Phi) is 3.33. The van der Waals surface area contributed by atoms with Gasteiger partial charge < -0.3 is 10.0 Å². The van der Waals surface area contributed by atoms with Crippen molar-refractivity contribution in [2.45, 2.75) is 0 Å². The van der Waals surface area contributed by atoms with Crippen molar-refractivity contribution in [2.75, 3.05) is 11.9 Å². The summed E-state index contributed by atoms with van der Waals surface area (Å²) in [6, 6.07) is 11.3. The second-order valence-corrected chi connectivity index (χ2v) is 4.53. The van der Waals surface area contributed by atoms with Gasteiger partial charge in [0.25, 0.3) is 0 Å². The zero-order valence-electron chi connectivity index (χ0n) is 9.19. The van der Waals surface area contributed by atoms with Gasteiger partial charge >= 0.3 is 0 Å². The summed E-state index contributed by atoms with van der Waals surface area (Å²) < 4.78 is 13.6. The van der Waals surface area contributed by atoms with Crippen molar-refractivity contribution in [3.05, 3.63) is 52.8 Å². The van der Waals surface area contributed by atoms with Crippen LogP contribution in [0.3, 0.4) is 0 Å². The van der Waals surface area contributed by atoms with Gasteiger partial charge in [0, 0.05) is 17.2 Å². The summed E-state index contributed by atoms with van der Waals surface area (Å²) in [5.41, 5.74) is 1.77. The molecule has 2 aromatic carbocycles. The second kappa shape index (κ2) is 4.75. The Balaban J connectivity index is 2.36. The minimum atomic E-state index is -0.257. The van der Waals surface area contributed by atoms with Crippen molar-refractivity contribution in [3.8, 4) is 5.75 Å². The van der Waals surface area contributed by atoms with Crippen LogP contribution < -0.4 is 4.90 Å². The van der Waals surface area contributed by atoms with Gasteiger partial charge in [-0.25, -0.2) is 4.39 Å². The molecule has 0 saturated carbocycles. The Hall–Kier alpha value is -1.55. The Labute approximate surface area is 107 Å². The number of anilines is 2. The third kappa shape index (κ3) is 2.58. The van der Waals surface area contributed by atoms with Gasteiger partial charge in [-0.15, -0.1) is 0 Å². The molecule has 88 valence electrons. The van der Waals surface area contributed by atoms with Gasteiger partial charge in [0.2, 0.25) is 0 Å². The largest absolute Gasteiger partial charge is 0.508 e. The molecule has 2 rings (SSSR count). The third-order valence-electron chi connectivity index (χ3n) is 2.51. The van der Waals surface area contributed by atoms with Gasteiger partial charge in [-0.2, -0.15) is 0 Å². The van der Waals surface area contributed by atoms with Crippen molar-refractivity contribution in [3.63, 3.8) is 0 Å². The quantitative estimate of drug-likeness (QED) is 0.903. The lowest BCUT2D eigenvalue weighted by molar-refractivity contribution is 0.475. The molecule has 0 aliphatic heterocycles. The normalized spacial score (nSPS) is 10.3. The monoisotopic (exact) mass is 295 g/mol. The summed E-state index contributed by atoms with van der Waals surface area (Å²) >= 11 is 3.38. The van der Waals surface area contributed by atoms with Crippen LogP contribution in [0.4, 0.5) is 15.8 Å². The van der Waals surface area contributed by atoms with Crippen molar-refractivity contribution >= 4 is 27.3 Å². The van der Waals surface area contributed by atoms with Crippen LogP contribution in [0.1, 0.15) is 0 Å². The van der Waals surface area contributed by atoms with Gasteiger partial charge in [0.15, 0.2) is 0 Å². The molecule has 0 bridgehead atoms. The van der Waals surface area contributed by atoms with Crippen LogP contribution in [0.25, 0.3) is 0 Å². The molecular formula is C13H11BrFNO. The molecule has 0 unspecified atom stereocenters. The smallest absolute Gasteiger partial charge is 0.123 e. The van der Waals surface area contributed by atoms with Gasteiger partial charge in [-0.05, 0) is 58.4 Å². The van der Waals surface area contributed by atoms with E-state index in [0.29, 0.717) is 0 Å².